The molecule has 2 saturated carbocycles. The van der Waals surface area contributed by atoms with Gasteiger partial charge >= 0.3 is 0 Å². The Hall–Kier alpha value is 0.310. The third kappa shape index (κ3) is 1.71. The summed E-state index contributed by atoms with van der Waals surface area (Å²) in [4.78, 5) is 0. The fourth-order valence-electron chi connectivity index (χ4n) is 3.40. The smallest absolute Gasteiger partial charge is 0.0204 e. The summed E-state index contributed by atoms with van der Waals surface area (Å²) in [5.41, 5.74) is 0. The quantitative estimate of drug-likeness (QED) is 0.661. The molecule has 0 aromatic carbocycles. The van der Waals surface area contributed by atoms with Crippen LogP contribution in [0.1, 0.15) is 51.4 Å². The minimum atomic E-state index is 0.869. The van der Waals surface area contributed by atoms with E-state index in [0.717, 1.165) is 22.6 Å². The van der Waals surface area contributed by atoms with Gasteiger partial charge in [-0.05, 0) is 25.7 Å². The van der Waals surface area contributed by atoms with Crippen molar-refractivity contribution in [2.24, 2.45) is 0 Å². The predicted octanol–water partition coefficient (Wildman–Crippen LogP) is 2.95. The molecule has 3 rings (SSSR count). The second-order valence-corrected chi connectivity index (χ2v) is 6.64. The third-order valence-corrected chi connectivity index (χ3v) is 6.01. The lowest BCUT2D eigenvalue weighted by atomic mass is 9.89. The number of nitrogens with one attached hydrogen (secondary N) is 1. The SMILES string of the molecule is C1CC[C@@H]2S[C@H]3CCCC[C@@H]3N[C@H]2C1. The Bertz CT molecular complexity index is 164. The van der Waals surface area contributed by atoms with Gasteiger partial charge in [-0.3, -0.25) is 0 Å². The van der Waals surface area contributed by atoms with Gasteiger partial charge in [0.2, 0.25) is 0 Å². The summed E-state index contributed by atoms with van der Waals surface area (Å²) in [6.07, 6.45) is 11.7. The molecule has 80 valence electrons. The van der Waals surface area contributed by atoms with Crippen LogP contribution in [0.25, 0.3) is 0 Å². The molecule has 1 N–H and O–H groups in total. The average molecular weight is 211 g/mol. The van der Waals surface area contributed by atoms with Crippen LogP contribution in [0.4, 0.5) is 0 Å². The molecule has 0 aromatic heterocycles. The molecule has 2 heteroatoms. The Morgan fingerprint density at radius 2 is 1.21 bits per heavy atom. The highest BCUT2D eigenvalue weighted by molar-refractivity contribution is 8.00. The van der Waals surface area contributed by atoms with Crippen LogP contribution in [0.5, 0.6) is 0 Å². The lowest BCUT2D eigenvalue weighted by Crippen LogP contribution is -2.56. The van der Waals surface area contributed by atoms with Crippen LogP contribution in [-0.4, -0.2) is 22.6 Å². The van der Waals surface area contributed by atoms with Gasteiger partial charge < -0.3 is 5.32 Å². The zero-order chi connectivity index (χ0) is 9.38. The maximum atomic E-state index is 3.94. The molecular formula is C12H21NS. The first-order valence-electron chi connectivity index (χ1n) is 6.35. The molecule has 0 aromatic rings. The van der Waals surface area contributed by atoms with E-state index < -0.39 is 0 Å². The summed E-state index contributed by atoms with van der Waals surface area (Å²) < 4.78 is 0. The highest BCUT2D eigenvalue weighted by Crippen LogP contribution is 2.41. The molecular weight excluding hydrogens is 190 g/mol. The van der Waals surface area contributed by atoms with Crippen molar-refractivity contribution in [1.29, 1.82) is 0 Å². The molecule has 4 atom stereocenters. The molecule has 0 radical (unpaired) electrons. The summed E-state index contributed by atoms with van der Waals surface area (Å²) in [5.74, 6) is 0. The maximum Gasteiger partial charge on any atom is 0.0204 e. The first-order chi connectivity index (χ1) is 6.93. The van der Waals surface area contributed by atoms with Gasteiger partial charge in [0, 0.05) is 22.6 Å². The van der Waals surface area contributed by atoms with Crippen molar-refractivity contribution in [3.63, 3.8) is 0 Å². The molecule has 14 heavy (non-hydrogen) atoms. The van der Waals surface area contributed by atoms with Crippen LogP contribution < -0.4 is 5.32 Å². The summed E-state index contributed by atoms with van der Waals surface area (Å²) in [6, 6.07) is 1.74. The number of hydrogen-bond acceptors (Lipinski definition) is 2. The first kappa shape index (κ1) is 9.53. The average Bonchev–Trinajstić information content (AvgIpc) is 2.26. The third-order valence-electron chi connectivity index (χ3n) is 4.18. The molecule has 2 aliphatic carbocycles. The van der Waals surface area contributed by atoms with Gasteiger partial charge in [0.25, 0.3) is 0 Å². The van der Waals surface area contributed by atoms with Crippen molar-refractivity contribution in [2.45, 2.75) is 74.0 Å². The zero-order valence-corrected chi connectivity index (χ0v) is 9.69. The minimum Gasteiger partial charge on any atom is -0.309 e. The molecule has 3 fully saturated rings. The molecule has 1 nitrogen and oxygen atoms in total. The highest BCUT2D eigenvalue weighted by Gasteiger charge is 2.38. The normalized spacial score (nSPS) is 48.0. The predicted molar refractivity (Wildman–Crippen MR) is 62.8 cm³/mol. The highest BCUT2D eigenvalue weighted by atomic mass is 32.2. The molecule has 3 aliphatic rings. The van der Waals surface area contributed by atoms with Gasteiger partial charge in [-0.1, -0.05) is 25.7 Å². The van der Waals surface area contributed by atoms with Crippen molar-refractivity contribution in [2.75, 3.05) is 0 Å². The summed E-state index contributed by atoms with van der Waals surface area (Å²) in [7, 11) is 0. The van der Waals surface area contributed by atoms with Gasteiger partial charge in [-0.15, -0.1) is 0 Å². The summed E-state index contributed by atoms with van der Waals surface area (Å²) >= 11 is 2.34. The lowest BCUT2D eigenvalue weighted by Gasteiger charge is -2.46. The Balaban J connectivity index is 1.68. The van der Waals surface area contributed by atoms with Crippen molar-refractivity contribution in [1.82, 2.24) is 5.32 Å². The molecule has 0 bridgehead atoms. The van der Waals surface area contributed by atoms with Crippen molar-refractivity contribution < 1.29 is 0 Å². The standard InChI is InChI=1S/C12H21NS/c1-3-7-11-9(5-1)13-10-6-2-4-8-12(10)14-11/h9-13H,1-8H2/t9-,10-,11-,12-/m0/s1. The van der Waals surface area contributed by atoms with Crippen LogP contribution in [0.3, 0.4) is 0 Å². The van der Waals surface area contributed by atoms with Crippen LogP contribution in [-0.2, 0) is 0 Å². The zero-order valence-electron chi connectivity index (χ0n) is 8.87. The van der Waals surface area contributed by atoms with Gasteiger partial charge in [-0.25, -0.2) is 0 Å². The van der Waals surface area contributed by atoms with E-state index in [1.807, 2.05) is 0 Å². The van der Waals surface area contributed by atoms with Crippen molar-refractivity contribution in [3.05, 3.63) is 0 Å². The number of rotatable bonds is 0. The van der Waals surface area contributed by atoms with E-state index in [4.69, 9.17) is 0 Å². The fourth-order valence-corrected chi connectivity index (χ4v) is 5.26. The second-order valence-electron chi connectivity index (χ2n) is 5.16. The van der Waals surface area contributed by atoms with E-state index in [0.29, 0.717) is 0 Å². The first-order valence-corrected chi connectivity index (χ1v) is 7.29. The van der Waals surface area contributed by atoms with E-state index in [2.05, 4.69) is 17.1 Å². The summed E-state index contributed by atoms with van der Waals surface area (Å²) in [6.45, 7) is 0. The van der Waals surface area contributed by atoms with Crippen LogP contribution in [0.15, 0.2) is 0 Å². The van der Waals surface area contributed by atoms with Gasteiger partial charge in [0.1, 0.15) is 0 Å². The molecule has 1 heterocycles. The number of thioether (sulfide) groups is 1. The van der Waals surface area contributed by atoms with E-state index >= 15 is 0 Å². The molecule has 1 aliphatic heterocycles. The molecule has 0 spiro atoms. The Morgan fingerprint density at radius 1 is 0.714 bits per heavy atom. The van der Waals surface area contributed by atoms with Gasteiger partial charge in [0.05, 0.1) is 0 Å². The Morgan fingerprint density at radius 3 is 1.79 bits per heavy atom. The fraction of sp³-hybridized carbons (Fsp3) is 1.00. The molecule has 1 saturated heterocycles. The van der Waals surface area contributed by atoms with E-state index in [1.54, 1.807) is 0 Å². The van der Waals surface area contributed by atoms with Crippen LogP contribution in [0.2, 0.25) is 0 Å². The van der Waals surface area contributed by atoms with Crippen molar-refractivity contribution >= 4 is 11.8 Å². The molecule has 0 unspecified atom stereocenters. The van der Waals surface area contributed by atoms with Gasteiger partial charge in [-0.2, -0.15) is 11.8 Å². The number of fused-ring (bicyclic) bond motifs is 2. The monoisotopic (exact) mass is 211 g/mol. The topological polar surface area (TPSA) is 12.0 Å². The second kappa shape index (κ2) is 4.05. The van der Waals surface area contributed by atoms with Gasteiger partial charge in [0.15, 0.2) is 0 Å². The van der Waals surface area contributed by atoms with Crippen LogP contribution >= 0.6 is 11.8 Å². The largest absolute Gasteiger partial charge is 0.309 e. The van der Waals surface area contributed by atoms with E-state index in [-0.39, 0.29) is 0 Å². The minimum absolute atomic E-state index is 0.869. The Kier molecular flexibility index (Phi) is 2.76. The number of hydrogen-bond donors (Lipinski definition) is 1. The van der Waals surface area contributed by atoms with E-state index in [1.165, 1.54) is 51.4 Å². The van der Waals surface area contributed by atoms with E-state index in [9.17, 15) is 0 Å². The lowest BCUT2D eigenvalue weighted by molar-refractivity contribution is 0.284. The Labute approximate surface area is 91.4 Å². The molecule has 0 amide bonds. The van der Waals surface area contributed by atoms with Crippen LogP contribution in [0, 0.1) is 0 Å². The maximum absolute atomic E-state index is 3.94. The summed E-state index contributed by atoms with van der Waals surface area (Å²) in [5, 5.41) is 5.86. The van der Waals surface area contributed by atoms with Crippen molar-refractivity contribution in [3.8, 4) is 0 Å².